The first-order valence-electron chi connectivity index (χ1n) is 11.0. The fourth-order valence-electron chi connectivity index (χ4n) is 3.69. The summed E-state index contributed by atoms with van der Waals surface area (Å²) in [6.45, 7) is 6.34. The zero-order valence-electron chi connectivity index (χ0n) is 19.3. The lowest BCUT2D eigenvalue weighted by molar-refractivity contribution is -0.114. The Morgan fingerprint density at radius 2 is 1.86 bits per heavy atom. The summed E-state index contributed by atoms with van der Waals surface area (Å²) in [5, 5.41) is 16.2. The maximum atomic E-state index is 11.3. The molecule has 0 bridgehead atoms. The number of anilines is 2. The second-order valence-corrected chi connectivity index (χ2v) is 8.86. The van der Waals surface area contributed by atoms with E-state index in [1.807, 2.05) is 12.1 Å². The van der Waals surface area contributed by atoms with Crippen LogP contribution in [0.2, 0.25) is 0 Å². The van der Waals surface area contributed by atoms with E-state index in [-0.39, 0.29) is 29.7 Å². The van der Waals surface area contributed by atoms with Gasteiger partial charge < -0.3 is 16.4 Å². The average Bonchev–Trinajstić information content (AvgIpc) is 2.83. The molecule has 0 saturated carbocycles. The van der Waals surface area contributed by atoms with E-state index in [2.05, 4.69) is 37.6 Å². The number of thioether (sulfide) groups is 1. The van der Waals surface area contributed by atoms with Crippen LogP contribution in [-0.2, 0) is 17.1 Å². The summed E-state index contributed by atoms with van der Waals surface area (Å²) in [6, 6.07) is 15.3. The van der Waals surface area contributed by atoms with E-state index in [1.165, 1.54) is 18.7 Å². The number of piperazine rings is 1. The van der Waals surface area contributed by atoms with Gasteiger partial charge in [0.1, 0.15) is 17.5 Å². The lowest BCUT2D eigenvalue weighted by atomic mass is 10.1. The first kappa shape index (κ1) is 26.4. The number of nitrogens with two attached hydrogens (primary N) is 1. The van der Waals surface area contributed by atoms with Crippen LogP contribution in [0.5, 0.6) is 0 Å². The normalized spacial score (nSPS) is 13.5. The summed E-state index contributed by atoms with van der Waals surface area (Å²) in [4.78, 5) is 27.4. The zero-order chi connectivity index (χ0) is 23.9. The Balaban J connectivity index is 0.00000342. The number of hydrogen-bond acceptors (Lipinski definition) is 9. The van der Waals surface area contributed by atoms with E-state index in [0.717, 1.165) is 49.7 Å². The highest BCUT2D eigenvalue weighted by Gasteiger charge is 2.16. The first-order valence-corrected chi connectivity index (χ1v) is 12.0. The van der Waals surface area contributed by atoms with Crippen molar-refractivity contribution in [3.05, 3.63) is 59.4 Å². The smallest absolute Gasteiger partial charge is 0.221 e. The molecule has 1 aromatic carbocycles. The van der Waals surface area contributed by atoms with Gasteiger partial charge in [0, 0.05) is 56.7 Å². The number of benzene rings is 1. The second-order valence-electron chi connectivity index (χ2n) is 7.92. The Bertz CT molecular complexity index is 1210. The highest BCUT2D eigenvalue weighted by atomic mass is 35.5. The van der Waals surface area contributed by atoms with Gasteiger partial charge in [-0.3, -0.25) is 14.7 Å². The van der Waals surface area contributed by atoms with Crippen molar-refractivity contribution in [1.29, 1.82) is 5.26 Å². The van der Waals surface area contributed by atoms with Gasteiger partial charge in [0.25, 0.3) is 0 Å². The molecule has 1 aliphatic rings. The third kappa shape index (κ3) is 7.13. The van der Waals surface area contributed by atoms with Crippen LogP contribution in [0.15, 0.2) is 47.6 Å². The number of aromatic nitrogens is 3. The molecule has 3 heterocycles. The Morgan fingerprint density at radius 1 is 1.14 bits per heavy atom. The summed E-state index contributed by atoms with van der Waals surface area (Å²) < 4.78 is 0. The van der Waals surface area contributed by atoms with E-state index in [4.69, 9.17) is 10.7 Å². The van der Waals surface area contributed by atoms with E-state index in [9.17, 15) is 10.1 Å². The highest BCUT2D eigenvalue weighted by Crippen LogP contribution is 2.29. The Morgan fingerprint density at radius 3 is 2.54 bits per heavy atom. The standard InChI is InChI=1S/C24H26N8OS.ClH/c1-16(33)28-18-7-5-17(6-8-18)22-21(13-25)23(26)31-24(30-22)34-15-20-4-2-3-19(29-20)14-32-11-9-27-10-12-32;/h2-8,27H,9-12,14-15H2,1H3,(H,28,33)(H2,26,30,31);1H. The van der Waals surface area contributed by atoms with Gasteiger partial charge in [-0.1, -0.05) is 30.0 Å². The lowest BCUT2D eigenvalue weighted by Crippen LogP contribution is -2.43. The molecular formula is C24H27ClN8OS. The predicted molar refractivity (Wildman–Crippen MR) is 140 cm³/mol. The molecule has 0 radical (unpaired) electrons. The number of nitrogens with one attached hydrogen (secondary N) is 2. The molecule has 0 unspecified atom stereocenters. The van der Waals surface area contributed by atoms with Crippen molar-refractivity contribution < 1.29 is 4.79 Å². The van der Waals surface area contributed by atoms with E-state index >= 15 is 0 Å². The second kappa shape index (κ2) is 12.5. The van der Waals surface area contributed by atoms with Gasteiger partial charge >= 0.3 is 0 Å². The molecule has 35 heavy (non-hydrogen) atoms. The van der Waals surface area contributed by atoms with Crippen molar-refractivity contribution in [2.24, 2.45) is 0 Å². The number of nitrogen functional groups attached to an aromatic ring is 1. The zero-order valence-corrected chi connectivity index (χ0v) is 21.0. The molecule has 182 valence electrons. The highest BCUT2D eigenvalue weighted by molar-refractivity contribution is 7.98. The van der Waals surface area contributed by atoms with Crippen LogP contribution in [0.3, 0.4) is 0 Å². The van der Waals surface area contributed by atoms with Crippen molar-refractivity contribution in [2.75, 3.05) is 37.2 Å². The van der Waals surface area contributed by atoms with Crippen LogP contribution >= 0.6 is 24.2 Å². The third-order valence-corrected chi connectivity index (χ3v) is 6.20. The fourth-order valence-corrected chi connectivity index (χ4v) is 4.45. The summed E-state index contributed by atoms with van der Waals surface area (Å²) in [5.74, 6) is 0.573. The summed E-state index contributed by atoms with van der Waals surface area (Å²) in [5.41, 5.74) is 10.1. The van der Waals surface area contributed by atoms with Gasteiger partial charge in [0.15, 0.2) is 5.16 Å². The van der Waals surface area contributed by atoms with Crippen LogP contribution in [0.4, 0.5) is 11.5 Å². The number of amides is 1. The molecule has 0 aliphatic carbocycles. The van der Waals surface area contributed by atoms with Gasteiger partial charge in [-0.15, -0.1) is 12.4 Å². The lowest BCUT2D eigenvalue weighted by Gasteiger charge is -2.26. The Labute approximate surface area is 215 Å². The van der Waals surface area contributed by atoms with Gasteiger partial charge in [0.05, 0.1) is 17.1 Å². The number of nitrogens with zero attached hydrogens (tertiary/aromatic N) is 5. The van der Waals surface area contributed by atoms with Crippen molar-refractivity contribution in [2.45, 2.75) is 24.4 Å². The third-order valence-electron chi connectivity index (χ3n) is 5.32. The SMILES string of the molecule is CC(=O)Nc1ccc(-c2nc(SCc3cccc(CN4CCNCC4)n3)nc(N)c2C#N)cc1.Cl. The number of pyridine rings is 1. The Kier molecular flexibility index (Phi) is 9.39. The number of rotatable bonds is 7. The average molecular weight is 511 g/mol. The minimum atomic E-state index is -0.152. The van der Waals surface area contributed by atoms with Crippen LogP contribution in [0.1, 0.15) is 23.9 Å². The molecule has 1 fully saturated rings. The van der Waals surface area contributed by atoms with Crippen molar-refractivity contribution in [1.82, 2.24) is 25.2 Å². The summed E-state index contributed by atoms with van der Waals surface area (Å²) in [7, 11) is 0. The topological polar surface area (TPSA) is 133 Å². The maximum absolute atomic E-state index is 11.3. The van der Waals surface area contributed by atoms with E-state index in [1.54, 1.807) is 24.3 Å². The largest absolute Gasteiger partial charge is 0.382 e. The van der Waals surface area contributed by atoms with Crippen LogP contribution in [0.25, 0.3) is 11.3 Å². The number of halogens is 1. The Hall–Kier alpha value is -3.23. The molecule has 0 atom stereocenters. The van der Waals surface area contributed by atoms with Crippen molar-refractivity contribution >= 4 is 41.6 Å². The van der Waals surface area contributed by atoms with Gasteiger partial charge in [-0.25, -0.2) is 9.97 Å². The van der Waals surface area contributed by atoms with Gasteiger partial charge in [0.2, 0.25) is 5.91 Å². The summed E-state index contributed by atoms with van der Waals surface area (Å²) >= 11 is 1.43. The molecule has 3 aromatic rings. The molecule has 1 saturated heterocycles. The number of carbonyl (C=O) groups is 1. The number of carbonyl (C=O) groups excluding carboxylic acids is 1. The molecule has 4 rings (SSSR count). The van der Waals surface area contributed by atoms with Crippen LogP contribution in [-0.4, -0.2) is 51.9 Å². The van der Waals surface area contributed by atoms with Crippen LogP contribution < -0.4 is 16.4 Å². The summed E-state index contributed by atoms with van der Waals surface area (Å²) in [6.07, 6.45) is 0. The molecule has 4 N–H and O–H groups in total. The fraction of sp³-hybridized carbons (Fsp3) is 0.292. The van der Waals surface area contributed by atoms with E-state index < -0.39 is 0 Å². The molecule has 11 heteroatoms. The number of hydrogen-bond donors (Lipinski definition) is 3. The molecule has 9 nitrogen and oxygen atoms in total. The van der Waals surface area contributed by atoms with Gasteiger partial charge in [-0.2, -0.15) is 5.26 Å². The minimum Gasteiger partial charge on any atom is -0.382 e. The predicted octanol–water partition coefficient (Wildman–Crippen LogP) is 3.07. The van der Waals surface area contributed by atoms with Crippen LogP contribution in [0, 0.1) is 11.3 Å². The van der Waals surface area contributed by atoms with Gasteiger partial charge in [-0.05, 0) is 24.3 Å². The molecule has 2 aromatic heterocycles. The molecule has 0 spiro atoms. The molecule has 1 amide bonds. The van der Waals surface area contributed by atoms with E-state index in [0.29, 0.717) is 22.3 Å². The molecular weight excluding hydrogens is 484 g/mol. The monoisotopic (exact) mass is 510 g/mol. The molecule has 1 aliphatic heterocycles. The van der Waals surface area contributed by atoms with Crippen molar-refractivity contribution in [3.8, 4) is 17.3 Å². The van der Waals surface area contributed by atoms with Crippen molar-refractivity contribution in [3.63, 3.8) is 0 Å². The maximum Gasteiger partial charge on any atom is 0.221 e. The number of nitriles is 1. The quantitative estimate of drug-likeness (QED) is 0.324. The first-order chi connectivity index (χ1) is 16.5. The minimum absolute atomic E-state index is 0.